The van der Waals surface area contributed by atoms with Gasteiger partial charge in [0.25, 0.3) is 21.8 Å². The molecular formula is C107H166N7O31S+. The molecule has 18 N–H and O–H groups in total. The summed E-state index contributed by atoms with van der Waals surface area (Å²) in [6.07, 6.45) is -1.43. The molecule has 0 aromatic heterocycles. The highest BCUT2D eigenvalue weighted by Gasteiger charge is 2.62. The van der Waals surface area contributed by atoms with Crippen LogP contribution in [-0.2, 0) is 72.0 Å². The fourth-order valence-corrected chi connectivity index (χ4v) is 21.6. The maximum Gasteiger partial charge on any atom is 0.364 e. The molecule has 7 heterocycles. The van der Waals surface area contributed by atoms with Crippen LogP contribution in [0.25, 0.3) is 17.2 Å². The number of anilines is 1. The molecule has 7 aliphatic heterocycles. The molecule has 0 spiro atoms. The largest absolute Gasteiger partial charge is 0.477 e. The first-order chi connectivity index (χ1) is 69.6. The van der Waals surface area contributed by atoms with Crippen LogP contribution in [0.1, 0.15) is 301 Å². The van der Waals surface area contributed by atoms with Crippen molar-refractivity contribution >= 4 is 68.5 Å². The first-order valence-electron chi connectivity index (χ1n) is 53.0. The quantitative estimate of drug-likeness (QED) is 0.00988. The van der Waals surface area contributed by atoms with E-state index in [4.69, 9.17) is 42.6 Å². The molecule has 5 amide bonds. The minimum atomic E-state index is -4.56. The zero-order valence-corrected chi connectivity index (χ0v) is 87.8. The van der Waals surface area contributed by atoms with Crippen LogP contribution in [0.5, 0.6) is 11.5 Å². The Kier molecular flexibility index (Phi) is 46.8. The van der Waals surface area contributed by atoms with Crippen molar-refractivity contribution in [2.75, 3.05) is 70.3 Å². The molecule has 38 nitrogen and oxygen atoms in total. The second kappa shape index (κ2) is 57.0. The molecule has 39 heteroatoms. The summed E-state index contributed by atoms with van der Waals surface area (Å²) in [4.78, 5) is 86.6. The third kappa shape index (κ3) is 32.1. The van der Waals surface area contributed by atoms with Crippen LogP contribution in [0.15, 0.2) is 72.8 Å². The molecule has 3 aromatic carbocycles. The van der Waals surface area contributed by atoms with Crippen molar-refractivity contribution < 1.29 is 151 Å². The monoisotopic (exact) mass is 2080 g/mol. The number of ether oxygens (including phenoxy) is 9. The van der Waals surface area contributed by atoms with Gasteiger partial charge >= 0.3 is 5.97 Å². The number of aliphatic hydroxyl groups is 12. The van der Waals surface area contributed by atoms with E-state index in [2.05, 4.69) is 71.4 Å². The molecule has 23 atom stereocenters. The van der Waals surface area contributed by atoms with Gasteiger partial charge in [0.1, 0.15) is 109 Å². The van der Waals surface area contributed by atoms with Gasteiger partial charge in [-0.05, 0) is 94.9 Å². The average molecular weight is 2080 g/mol. The van der Waals surface area contributed by atoms with Gasteiger partial charge in [-0.2, -0.15) is 8.42 Å². The van der Waals surface area contributed by atoms with Crippen molar-refractivity contribution in [2.24, 2.45) is 0 Å². The Morgan fingerprint density at radius 3 is 1.76 bits per heavy atom. The first-order valence-corrected chi connectivity index (χ1v) is 54.6. The van der Waals surface area contributed by atoms with Crippen LogP contribution in [-0.4, -0.2) is 337 Å². The van der Waals surface area contributed by atoms with Crippen LogP contribution >= 0.6 is 0 Å². The Labute approximate surface area is 858 Å². The standard InChI is InChI=1S/C107H165N7O31S/c1-12-16-18-20-22-24-26-28-29-31-33-35-37-39-41-48-86(124)111-74(77(120)47-40-38-36-34-32-30-27-25-23-21-19-17-13-2)63-137-102-94(129)93(128)96(83(61-116)140-102)142-103-95(130)99(97(84(62-117)141-103)143-101-89(110-66(6)119)92(127)91(126)82(60-115)139-101)145-107(104(132)133)58-78(121)88(109-65(5)118)98(144-107)90(125)79(122)59-108-85(123)49-44-52-112(11)100(131)70-46-43-42-45-69(70)87-72-53-67-50-51-105(7,8)113(14-3)75(67)55-80(72)138-81-56-76-71(54-73(81)87)68(64-146(134,135)136)57-106(9,10)114(76)15-4/h40,42-43,45-47,50-51,53-57,74,77-79,82-84,88-99,101-103,115-117,120-122,125-130H,12-39,41,44,48-49,52,58-64H2,1-11H3,(H5-,108,109,110,111,118,119,123,124,132,133,134,135,136)/p+1/b47-40+/t74-,77+,78-,79+,82+,83+,84+,88+,89+,90+,91-,92+,93+,94+,95+,96+,97-,98+,99+,101-,102+,103-,107-/m0/s1. The number of carboxylic acids is 1. The number of carbonyl (C=O) groups is 6. The minimum Gasteiger partial charge on any atom is -0.477 e. The van der Waals surface area contributed by atoms with Gasteiger partial charge < -0.3 is 140 Å². The van der Waals surface area contributed by atoms with Crippen molar-refractivity contribution in [3.8, 4) is 11.5 Å². The molecule has 4 saturated heterocycles. The SMILES string of the molecule is CCCCCCCCCCCCC/C=C/[C@@H](O)[C@H](CO[C@@H]1O[C@H](CO)[C@@H](O[C@@H]2O[C@H](CO)[C@H](O[C@@H]3O[C@H](CO)[C@H](O)[C@H](O)[C@H]3NC(C)=O)[C@H](O[C@]3(C(=O)O)C[C@H](O)[C@@H](NC(C)=O)[C@H]([C@H](O)[C@H](O)CNC(=O)CCCN(C)C(=O)c4ccccc4C4=c5cc6c(cc5Oc5cc7c(cc54)C(CS(=O)(=O)O)=CC(C)(C)N7CC)=[N+](CC)C(C)(C)C=C6)O3)[C@H]2O)[C@H](O)[C@H]1O)NC(=O)CCCCCCCCCCCCCCCCC. The van der Waals surface area contributed by atoms with E-state index < -0.39 is 231 Å². The number of nitrogens with one attached hydrogen (secondary N) is 4. The lowest BCUT2D eigenvalue weighted by Crippen LogP contribution is -2.72. The third-order valence-corrected chi connectivity index (χ3v) is 29.6. The van der Waals surface area contributed by atoms with E-state index in [-0.39, 0.29) is 42.8 Å². The summed E-state index contributed by atoms with van der Waals surface area (Å²) in [5.41, 5.74) is 3.13. The van der Waals surface area contributed by atoms with E-state index in [1.165, 1.54) is 115 Å². The molecule has 0 radical (unpaired) electrons. The first kappa shape index (κ1) is 120. The van der Waals surface area contributed by atoms with E-state index in [9.17, 15) is 103 Å². The van der Waals surface area contributed by atoms with Gasteiger partial charge in [0.15, 0.2) is 24.4 Å². The number of hydrogen-bond acceptors (Lipinski definition) is 30. The molecule has 146 heavy (non-hydrogen) atoms. The number of benzene rings is 3. The Bertz CT molecular complexity index is 5080. The van der Waals surface area contributed by atoms with E-state index >= 15 is 4.79 Å². The molecular weight excluding hydrogens is 1910 g/mol. The molecule has 0 aliphatic carbocycles. The number of amides is 5. The topological polar surface area (TPSA) is 560 Å². The van der Waals surface area contributed by atoms with Gasteiger partial charge in [0.2, 0.25) is 29.0 Å². The summed E-state index contributed by atoms with van der Waals surface area (Å²) < 4.78 is 94.4. The molecule has 3 aromatic rings. The Morgan fingerprint density at radius 1 is 0.616 bits per heavy atom. The van der Waals surface area contributed by atoms with Gasteiger partial charge in [0.05, 0.1) is 68.4 Å². The van der Waals surface area contributed by atoms with Gasteiger partial charge in [-0.25, -0.2) is 9.37 Å². The normalized spacial score (nSPS) is 27.1. The maximum absolute atomic E-state index is 15.2. The average Bonchev–Trinajstić information content (AvgIpc) is 0.714. The van der Waals surface area contributed by atoms with Crippen molar-refractivity contribution in [1.82, 2.24) is 30.7 Å². The lowest BCUT2D eigenvalue weighted by atomic mass is 9.83. The number of allylic oxidation sites excluding steroid dienone is 1. The molecule has 7 aliphatic rings. The number of aliphatic carboxylic acids is 1. The Hall–Kier alpha value is -7.92. The van der Waals surface area contributed by atoms with E-state index in [1.54, 1.807) is 30.3 Å². The van der Waals surface area contributed by atoms with Crippen LogP contribution in [0, 0.1) is 0 Å². The lowest BCUT2D eigenvalue weighted by Gasteiger charge is -2.52. The van der Waals surface area contributed by atoms with Crippen molar-refractivity contribution in [2.45, 2.75) is 420 Å². The van der Waals surface area contributed by atoms with Crippen LogP contribution < -0.4 is 46.1 Å². The Balaban J connectivity index is 0.844. The number of rotatable bonds is 60. The van der Waals surface area contributed by atoms with Crippen molar-refractivity contribution in [3.05, 3.63) is 111 Å². The molecule has 0 bridgehead atoms. The van der Waals surface area contributed by atoms with Crippen molar-refractivity contribution in [3.63, 3.8) is 0 Å². The molecule has 0 saturated carbocycles. The second-order valence-corrected chi connectivity index (χ2v) is 42.7. The summed E-state index contributed by atoms with van der Waals surface area (Å²) in [6, 6.07) is 9.80. The van der Waals surface area contributed by atoms with E-state index in [1.807, 2.05) is 63.3 Å². The molecule has 0 unspecified atom stereocenters. The zero-order valence-electron chi connectivity index (χ0n) is 86.9. The lowest BCUT2D eigenvalue weighted by molar-refractivity contribution is -0.400. The number of hydrogen-bond donors (Lipinski definition) is 18. The highest BCUT2D eigenvalue weighted by Crippen LogP contribution is 2.49. The third-order valence-electron chi connectivity index (χ3n) is 28.9. The summed E-state index contributed by atoms with van der Waals surface area (Å²) in [6.45, 7) is 15.0. The summed E-state index contributed by atoms with van der Waals surface area (Å²) in [5, 5.41) is 164. The van der Waals surface area contributed by atoms with E-state index in [0.29, 0.717) is 76.2 Å². The highest BCUT2D eigenvalue weighted by atomic mass is 32.2. The van der Waals surface area contributed by atoms with Gasteiger partial charge in [-0.3, -0.25) is 28.5 Å². The number of carbonyl (C=O) groups excluding carboxylic acids is 5. The number of fused-ring (bicyclic) bond motifs is 4. The smallest absolute Gasteiger partial charge is 0.364 e. The predicted molar refractivity (Wildman–Crippen MR) is 544 cm³/mol. The van der Waals surface area contributed by atoms with Gasteiger partial charge in [-0.15, -0.1) is 0 Å². The zero-order chi connectivity index (χ0) is 106. The van der Waals surface area contributed by atoms with Crippen LogP contribution in [0.4, 0.5) is 5.69 Å². The van der Waals surface area contributed by atoms with Crippen LogP contribution in [0.3, 0.4) is 0 Å². The molecule has 820 valence electrons. The molecule has 10 rings (SSSR count). The second-order valence-electron chi connectivity index (χ2n) is 41.2. The fourth-order valence-electron chi connectivity index (χ4n) is 21.0. The number of unbranched alkanes of at least 4 members (excludes halogenated alkanes) is 25. The fraction of sp³-hybridized carbons (Fsp3) is 0.710. The van der Waals surface area contributed by atoms with E-state index in [0.717, 1.165) is 82.6 Å². The van der Waals surface area contributed by atoms with Crippen LogP contribution in [0.2, 0.25) is 0 Å². The summed E-state index contributed by atoms with van der Waals surface area (Å²) in [5.74, 6) is -8.71. The van der Waals surface area contributed by atoms with Gasteiger partial charge in [-0.1, -0.05) is 204 Å². The highest BCUT2D eigenvalue weighted by molar-refractivity contribution is 7.86. The minimum absolute atomic E-state index is 0.00701. The maximum atomic E-state index is 15.2. The summed E-state index contributed by atoms with van der Waals surface area (Å²) in [7, 11) is -3.02. The number of likely N-dealkylation sites (N-methyl/N-ethyl adjacent to an activating group) is 2. The molecule has 4 fully saturated rings. The predicted octanol–water partition coefficient (Wildman–Crippen LogP) is 6.37. The van der Waals surface area contributed by atoms with Gasteiger partial charge in [0, 0.05) is 118 Å². The number of nitrogens with zero attached hydrogens (tertiary/aromatic N) is 3. The summed E-state index contributed by atoms with van der Waals surface area (Å²) >= 11 is 0. The number of aliphatic hydroxyl groups excluding tert-OH is 12. The Morgan fingerprint density at radius 2 is 1.18 bits per heavy atom. The number of carboxylic acid groups (broad SMARTS) is 1. The van der Waals surface area contributed by atoms with Crippen molar-refractivity contribution in [1.29, 1.82) is 0 Å².